The van der Waals surface area contributed by atoms with Crippen molar-refractivity contribution in [3.63, 3.8) is 0 Å². The van der Waals surface area contributed by atoms with Crippen LogP contribution in [0.4, 0.5) is 15.8 Å². The van der Waals surface area contributed by atoms with Gasteiger partial charge in [-0.15, -0.1) is 0 Å². The fourth-order valence-corrected chi connectivity index (χ4v) is 2.77. The molecule has 124 valence electrons. The maximum atomic E-state index is 13.8. The summed E-state index contributed by atoms with van der Waals surface area (Å²) >= 11 is 9.04. The number of nitrogens with zero attached hydrogens (tertiary/aromatic N) is 1. The number of carbonyl (C=O) groups is 2. The third-order valence-electron chi connectivity index (χ3n) is 3.37. The Morgan fingerprint density at radius 2 is 2.12 bits per heavy atom. The molecule has 0 aromatic heterocycles. The van der Waals surface area contributed by atoms with Gasteiger partial charge in [-0.05, 0) is 30.3 Å². The third kappa shape index (κ3) is 3.52. The number of halogens is 3. The molecule has 1 aliphatic rings. The van der Waals surface area contributed by atoms with Crippen LogP contribution in [0.15, 0.2) is 40.9 Å². The lowest BCUT2D eigenvalue weighted by Gasteiger charge is -2.28. The Labute approximate surface area is 150 Å². The van der Waals surface area contributed by atoms with Crippen LogP contribution >= 0.6 is 27.5 Å². The van der Waals surface area contributed by atoms with Gasteiger partial charge in [0.1, 0.15) is 18.1 Å². The lowest BCUT2D eigenvalue weighted by molar-refractivity contribution is -0.123. The van der Waals surface area contributed by atoms with Crippen molar-refractivity contribution in [3.8, 4) is 5.75 Å². The summed E-state index contributed by atoms with van der Waals surface area (Å²) in [6.07, 6.45) is 0. The summed E-state index contributed by atoms with van der Waals surface area (Å²) in [4.78, 5) is 25.5. The van der Waals surface area contributed by atoms with Gasteiger partial charge in [0, 0.05) is 15.6 Å². The number of fused-ring (bicyclic) bond motifs is 1. The average Bonchev–Trinajstić information content (AvgIpc) is 2.53. The Kier molecular flexibility index (Phi) is 4.73. The van der Waals surface area contributed by atoms with Crippen LogP contribution in [0.3, 0.4) is 0 Å². The molecule has 0 bridgehead atoms. The van der Waals surface area contributed by atoms with Gasteiger partial charge in [-0.2, -0.15) is 0 Å². The molecule has 0 fully saturated rings. The first-order chi connectivity index (χ1) is 11.4. The largest absolute Gasteiger partial charge is 0.482 e. The van der Waals surface area contributed by atoms with Crippen molar-refractivity contribution in [2.45, 2.75) is 0 Å². The molecule has 0 unspecified atom stereocenters. The molecule has 1 heterocycles. The summed E-state index contributed by atoms with van der Waals surface area (Å²) in [6.45, 7) is -0.445. The van der Waals surface area contributed by atoms with Gasteiger partial charge >= 0.3 is 0 Å². The van der Waals surface area contributed by atoms with E-state index in [1.54, 1.807) is 24.3 Å². The summed E-state index contributed by atoms with van der Waals surface area (Å²) in [5.74, 6) is -1.04. The predicted octanol–water partition coefficient (Wildman–Crippen LogP) is 3.61. The van der Waals surface area contributed by atoms with E-state index in [0.717, 1.165) is 0 Å². The van der Waals surface area contributed by atoms with Gasteiger partial charge < -0.3 is 10.1 Å². The molecular formula is C16H11BrClFN2O3. The first kappa shape index (κ1) is 16.7. The molecule has 2 aromatic rings. The number of rotatable bonds is 3. The highest BCUT2D eigenvalue weighted by atomic mass is 79.9. The number of ether oxygens (including phenoxy) is 1. The van der Waals surface area contributed by atoms with E-state index in [1.165, 1.54) is 17.0 Å². The minimum atomic E-state index is -0.571. The highest BCUT2D eigenvalue weighted by Crippen LogP contribution is 2.34. The molecule has 0 spiro atoms. The molecule has 1 aliphatic heterocycles. The Morgan fingerprint density at radius 3 is 2.88 bits per heavy atom. The molecule has 0 saturated heterocycles. The van der Waals surface area contributed by atoms with E-state index in [2.05, 4.69) is 21.2 Å². The van der Waals surface area contributed by atoms with Gasteiger partial charge in [0.25, 0.3) is 5.91 Å². The van der Waals surface area contributed by atoms with Crippen LogP contribution in [0.25, 0.3) is 0 Å². The van der Waals surface area contributed by atoms with Crippen LogP contribution in [0.1, 0.15) is 0 Å². The van der Waals surface area contributed by atoms with E-state index in [-0.39, 0.29) is 24.7 Å². The van der Waals surface area contributed by atoms with Crippen molar-refractivity contribution in [2.24, 2.45) is 0 Å². The zero-order valence-electron chi connectivity index (χ0n) is 12.2. The number of hydrogen-bond donors (Lipinski definition) is 1. The number of anilines is 2. The van der Waals surface area contributed by atoms with E-state index in [4.69, 9.17) is 16.3 Å². The maximum Gasteiger partial charge on any atom is 0.265 e. The number of amides is 2. The van der Waals surface area contributed by atoms with Gasteiger partial charge in [-0.1, -0.05) is 27.5 Å². The van der Waals surface area contributed by atoms with Crippen LogP contribution in [-0.4, -0.2) is 25.0 Å². The summed E-state index contributed by atoms with van der Waals surface area (Å²) in [5, 5.41) is 2.91. The van der Waals surface area contributed by atoms with E-state index < -0.39 is 11.7 Å². The van der Waals surface area contributed by atoms with Crippen LogP contribution in [-0.2, 0) is 9.59 Å². The molecule has 2 amide bonds. The summed E-state index contributed by atoms with van der Waals surface area (Å²) < 4.78 is 19.7. The van der Waals surface area contributed by atoms with E-state index in [9.17, 15) is 14.0 Å². The highest BCUT2D eigenvalue weighted by Gasteiger charge is 2.27. The van der Waals surface area contributed by atoms with E-state index in [0.29, 0.717) is 20.9 Å². The zero-order valence-corrected chi connectivity index (χ0v) is 14.5. The fraction of sp³-hybridized carbons (Fsp3) is 0.125. The molecule has 0 atom stereocenters. The summed E-state index contributed by atoms with van der Waals surface area (Å²) in [6, 6.07) is 9.06. The van der Waals surface area contributed by atoms with E-state index >= 15 is 0 Å². The Morgan fingerprint density at radius 1 is 1.33 bits per heavy atom. The SMILES string of the molecule is O=C(CN1C(=O)COc2cc(Cl)ccc21)Nc1ccc(Br)cc1F. The van der Waals surface area contributed by atoms with Crippen molar-refractivity contribution in [1.29, 1.82) is 0 Å². The quantitative estimate of drug-likeness (QED) is 0.836. The fourth-order valence-electron chi connectivity index (χ4n) is 2.28. The summed E-state index contributed by atoms with van der Waals surface area (Å²) in [7, 11) is 0. The van der Waals surface area contributed by atoms with Crippen LogP contribution in [0.2, 0.25) is 5.02 Å². The molecule has 24 heavy (non-hydrogen) atoms. The molecule has 2 aromatic carbocycles. The topological polar surface area (TPSA) is 58.6 Å². The summed E-state index contributed by atoms with van der Waals surface area (Å²) in [5.41, 5.74) is 0.488. The lowest BCUT2D eigenvalue weighted by atomic mass is 10.2. The van der Waals surface area contributed by atoms with Crippen molar-refractivity contribution >= 4 is 50.7 Å². The van der Waals surface area contributed by atoms with Crippen molar-refractivity contribution < 1.29 is 18.7 Å². The molecule has 8 heteroatoms. The Hall–Kier alpha value is -2.12. The second-order valence-electron chi connectivity index (χ2n) is 5.05. The van der Waals surface area contributed by atoms with Crippen molar-refractivity contribution in [2.75, 3.05) is 23.4 Å². The smallest absolute Gasteiger partial charge is 0.265 e. The highest BCUT2D eigenvalue weighted by molar-refractivity contribution is 9.10. The van der Waals surface area contributed by atoms with E-state index in [1.807, 2.05) is 0 Å². The lowest BCUT2D eigenvalue weighted by Crippen LogP contribution is -2.43. The van der Waals surface area contributed by atoms with Crippen molar-refractivity contribution in [1.82, 2.24) is 0 Å². The predicted molar refractivity (Wildman–Crippen MR) is 92.0 cm³/mol. The molecule has 5 nitrogen and oxygen atoms in total. The van der Waals surface area contributed by atoms with Gasteiger partial charge in [-0.3, -0.25) is 14.5 Å². The van der Waals surface area contributed by atoms with Crippen LogP contribution in [0, 0.1) is 5.82 Å². The monoisotopic (exact) mass is 412 g/mol. The van der Waals surface area contributed by atoms with Gasteiger partial charge in [-0.25, -0.2) is 4.39 Å². The van der Waals surface area contributed by atoms with Crippen LogP contribution in [0.5, 0.6) is 5.75 Å². The minimum Gasteiger partial charge on any atom is -0.482 e. The second-order valence-corrected chi connectivity index (χ2v) is 6.41. The first-order valence-corrected chi connectivity index (χ1v) is 8.09. The third-order valence-corrected chi connectivity index (χ3v) is 4.10. The molecule has 0 aliphatic carbocycles. The molecule has 0 radical (unpaired) electrons. The van der Waals surface area contributed by atoms with Gasteiger partial charge in [0.15, 0.2) is 6.61 Å². The van der Waals surface area contributed by atoms with Gasteiger partial charge in [0.2, 0.25) is 5.91 Å². The number of hydrogen-bond acceptors (Lipinski definition) is 3. The second kappa shape index (κ2) is 6.78. The zero-order chi connectivity index (χ0) is 17.3. The Balaban J connectivity index is 1.78. The average molecular weight is 414 g/mol. The molecule has 1 N–H and O–H groups in total. The van der Waals surface area contributed by atoms with Gasteiger partial charge in [0.05, 0.1) is 11.4 Å². The standard InChI is InChI=1S/C16H11BrClFN2O3/c17-9-1-3-12(11(19)5-9)20-15(22)7-21-13-4-2-10(18)6-14(13)24-8-16(21)23/h1-6H,7-8H2,(H,20,22). The molecule has 0 saturated carbocycles. The molecule has 3 rings (SSSR count). The van der Waals surface area contributed by atoms with Crippen molar-refractivity contribution in [3.05, 3.63) is 51.7 Å². The number of benzene rings is 2. The molecular weight excluding hydrogens is 403 g/mol. The normalized spacial score (nSPS) is 13.3. The number of nitrogens with one attached hydrogen (secondary N) is 1. The number of carbonyl (C=O) groups excluding carboxylic acids is 2. The minimum absolute atomic E-state index is 0.0419. The maximum absolute atomic E-state index is 13.8. The Bertz CT molecular complexity index is 831. The first-order valence-electron chi connectivity index (χ1n) is 6.91. The van der Waals surface area contributed by atoms with Crippen LogP contribution < -0.4 is 15.0 Å².